The Balaban J connectivity index is 2.00. The Bertz CT molecular complexity index is 636. The van der Waals surface area contributed by atoms with Gasteiger partial charge >= 0.3 is 0 Å². The van der Waals surface area contributed by atoms with Gasteiger partial charge in [-0.05, 0) is 31.4 Å². The molecule has 0 amide bonds. The Hall–Kier alpha value is -2.31. The van der Waals surface area contributed by atoms with Crippen LogP contribution in [-0.4, -0.2) is 28.0 Å². The summed E-state index contributed by atoms with van der Waals surface area (Å²) in [4.78, 5) is 14.4. The summed E-state index contributed by atoms with van der Waals surface area (Å²) < 4.78 is 26.6. The van der Waals surface area contributed by atoms with E-state index in [1.165, 1.54) is 18.6 Å². The highest BCUT2D eigenvalue weighted by atomic mass is 19.1. The lowest BCUT2D eigenvalue weighted by atomic mass is 10.1. The molecule has 2 N–H and O–H groups in total. The minimum atomic E-state index is -0.677. The van der Waals surface area contributed by atoms with Gasteiger partial charge < -0.3 is 10.6 Å². The molecule has 1 aromatic carbocycles. The molecule has 0 unspecified atom stereocenters. The zero-order valence-corrected chi connectivity index (χ0v) is 11.4. The fourth-order valence-corrected chi connectivity index (χ4v) is 2.43. The largest absolute Gasteiger partial charge is 0.368 e. The van der Waals surface area contributed by atoms with Crippen molar-refractivity contribution in [2.75, 3.05) is 23.7 Å². The first-order chi connectivity index (χ1) is 10.1. The zero-order chi connectivity index (χ0) is 14.8. The third-order valence-corrected chi connectivity index (χ3v) is 3.40. The summed E-state index contributed by atoms with van der Waals surface area (Å²) in [6.45, 7) is 1.70. The number of anilines is 2. The lowest BCUT2D eigenvalue weighted by Crippen LogP contribution is -2.31. The second-order valence-corrected chi connectivity index (χ2v) is 5.02. The van der Waals surface area contributed by atoms with E-state index in [2.05, 4.69) is 15.0 Å². The average molecular weight is 291 g/mol. The van der Waals surface area contributed by atoms with Crippen molar-refractivity contribution in [1.82, 2.24) is 15.0 Å². The smallest absolute Gasteiger partial charge is 0.230 e. The monoisotopic (exact) mass is 291 g/mol. The number of nitrogens with zero attached hydrogens (tertiary/aromatic N) is 4. The predicted octanol–water partition coefficient (Wildman–Crippen LogP) is 2.39. The van der Waals surface area contributed by atoms with Crippen molar-refractivity contribution >= 4 is 11.9 Å². The number of aromatic nitrogens is 3. The van der Waals surface area contributed by atoms with Gasteiger partial charge in [-0.2, -0.15) is 15.0 Å². The van der Waals surface area contributed by atoms with Gasteiger partial charge in [0, 0.05) is 24.7 Å². The Kier molecular flexibility index (Phi) is 3.64. The minimum absolute atomic E-state index is 0.0465. The first-order valence-electron chi connectivity index (χ1n) is 6.85. The third kappa shape index (κ3) is 3.07. The van der Waals surface area contributed by atoms with Crippen LogP contribution in [0, 0.1) is 11.6 Å². The number of hydrogen-bond acceptors (Lipinski definition) is 5. The molecule has 7 heteroatoms. The standard InChI is InChI=1S/C14H15F2N5/c15-10-6-9(7-11(16)8-10)12-18-13(17)20-14(19-12)21-4-2-1-3-5-21/h6-8H,1-5H2,(H2,17,18,19,20). The first-order valence-corrected chi connectivity index (χ1v) is 6.85. The van der Waals surface area contributed by atoms with Gasteiger partial charge in [0.1, 0.15) is 11.6 Å². The van der Waals surface area contributed by atoms with Crippen molar-refractivity contribution in [2.24, 2.45) is 0 Å². The number of rotatable bonds is 2. The van der Waals surface area contributed by atoms with E-state index in [9.17, 15) is 8.78 Å². The molecule has 5 nitrogen and oxygen atoms in total. The second-order valence-electron chi connectivity index (χ2n) is 5.02. The topological polar surface area (TPSA) is 67.9 Å². The Labute approximate surface area is 120 Å². The molecule has 0 atom stereocenters. The molecule has 0 radical (unpaired) electrons. The Morgan fingerprint density at radius 2 is 1.57 bits per heavy atom. The molecule has 1 saturated heterocycles. The number of nitrogens with two attached hydrogens (primary N) is 1. The summed E-state index contributed by atoms with van der Waals surface area (Å²) in [5.74, 6) is -0.666. The molecule has 1 aromatic heterocycles. The van der Waals surface area contributed by atoms with Crippen molar-refractivity contribution in [1.29, 1.82) is 0 Å². The average Bonchev–Trinajstić information content (AvgIpc) is 2.46. The summed E-state index contributed by atoms with van der Waals surface area (Å²) >= 11 is 0. The number of halogens is 2. The van der Waals surface area contributed by atoms with E-state index in [0.29, 0.717) is 5.95 Å². The minimum Gasteiger partial charge on any atom is -0.368 e. The maximum Gasteiger partial charge on any atom is 0.230 e. The van der Waals surface area contributed by atoms with E-state index >= 15 is 0 Å². The molecule has 0 bridgehead atoms. The maximum atomic E-state index is 13.3. The van der Waals surface area contributed by atoms with Crippen LogP contribution in [0.25, 0.3) is 11.4 Å². The van der Waals surface area contributed by atoms with Crippen LogP contribution in [0.2, 0.25) is 0 Å². The fraction of sp³-hybridized carbons (Fsp3) is 0.357. The van der Waals surface area contributed by atoms with Gasteiger partial charge in [0.25, 0.3) is 0 Å². The number of piperidine rings is 1. The number of nitrogen functional groups attached to an aromatic ring is 1. The maximum absolute atomic E-state index is 13.3. The SMILES string of the molecule is Nc1nc(-c2cc(F)cc(F)c2)nc(N2CCCCC2)n1. The van der Waals surface area contributed by atoms with Crippen LogP contribution in [0.4, 0.5) is 20.7 Å². The van der Waals surface area contributed by atoms with Gasteiger partial charge in [0.2, 0.25) is 11.9 Å². The summed E-state index contributed by atoms with van der Waals surface area (Å²) in [5.41, 5.74) is 5.95. The van der Waals surface area contributed by atoms with Gasteiger partial charge in [0.15, 0.2) is 5.82 Å². The van der Waals surface area contributed by atoms with E-state index in [1.807, 2.05) is 4.90 Å². The molecular weight excluding hydrogens is 276 g/mol. The Morgan fingerprint density at radius 3 is 2.24 bits per heavy atom. The Morgan fingerprint density at radius 1 is 0.905 bits per heavy atom. The molecule has 0 aliphatic carbocycles. The number of benzene rings is 1. The van der Waals surface area contributed by atoms with Gasteiger partial charge in [-0.3, -0.25) is 0 Å². The van der Waals surface area contributed by atoms with Crippen LogP contribution < -0.4 is 10.6 Å². The van der Waals surface area contributed by atoms with E-state index in [4.69, 9.17) is 5.73 Å². The van der Waals surface area contributed by atoms with Crippen molar-refractivity contribution in [3.63, 3.8) is 0 Å². The highest BCUT2D eigenvalue weighted by Crippen LogP contribution is 2.22. The summed E-state index contributed by atoms with van der Waals surface area (Å²) in [7, 11) is 0. The highest BCUT2D eigenvalue weighted by Gasteiger charge is 2.16. The molecule has 21 heavy (non-hydrogen) atoms. The predicted molar refractivity (Wildman–Crippen MR) is 75.7 cm³/mol. The molecule has 110 valence electrons. The van der Waals surface area contributed by atoms with Gasteiger partial charge in [-0.25, -0.2) is 8.78 Å². The lowest BCUT2D eigenvalue weighted by Gasteiger charge is -2.26. The number of hydrogen-bond donors (Lipinski definition) is 1. The van der Waals surface area contributed by atoms with Crippen LogP contribution in [0.3, 0.4) is 0 Å². The van der Waals surface area contributed by atoms with Crippen LogP contribution in [0.15, 0.2) is 18.2 Å². The van der Waals surface area contributed by atoms with Crippen LogP contribution in [0.5, 0.6) is 0 Å². The molecule has 0 spiro atoms. The quantitative estimate of drug-likeness (QED) is 0.920. The molecule has 1 aliphatic heterocycles. The zero-order valence-electron chi connectivity index (χ0n) is 11.4. The van der Waals surface area contributed by atoms with Crippen molar-refractivity contribution in [3.05, 3.63) is 29.8 Å². The van der Waals surface area contributed by atoms with E-state index < -0.39 is 11.6 Å². The van der Waals surface area contributed by atoms with Crippen LogP contribution in [0.1, 0.15) is 19.3 Å². The molecule has 2 heterocycles. The summed E-state index contributed by atoms with van der Waals surface area (Å²) in [6, 6.07) is 3.16. The molecular formula is C14H15F2N5. The molecule has 3 rings (SSSR count). The molecule has 2 aromatic rings. The van der Waals surface area contributed by atoms with Crippen molar-refractivity contribution in [3.8, 4) is 11.4 Å². The summed E-state index contributed by atoms with van der Waals surface area (Å²) in [5, 5.41) is 0. The highest BCUT2D eigenvalue weighted by molar-refractivity contribution is 5.58. The van der Waals surface area contributed by atoms with Crippen LogP contribution >= 0.6 is 0 Å². The van der Waals surface area contributed by atoms with Crippen molar-refractivity contribution < 1.29 is 8.78 Å². The third-order valence-electron chi connectivity index (χ3n) is 3.40. The van der Waals surface area contributed by atoms with E-state index in [-0.39, 0.29) is 17.3 Å². The molecule has 0 saturated carbocycles. The van der Waals surface area contributed by atoms with Gasteiger partial charge in [-0.1, -0.05) is 0 Å². The van der Waals surface area contributed by atoms with Crippen LogP contribution in [-0.2, 0) is 0 Å². The molecule has 1 fully saturated rings. The lowest BCUT2D eigenvalue weighted by molar-refractivity contribution is 0.567. The second kappa shape index (κ2) is 5.59. The van der Waals surface area contributed by atoms with E-state index in [1.54, 1.807) is 0 Å². The first kappa shape index (κ1) is 13.7. The normalized spacial score (nSPS) is 15.2. The summed E-state index contributed by atoms with van der Waals surface area (Å²) in [6.07, 6.45) is 3.31. The van der Waals surface area contributed by atoms with E-state index in [0.717, 1.165) is 32.0 Å². The van der Waals surface area contributed by atoms with Gasteiger partial charge in [0.05, 0.1) is 0 Å². The van der Waals surface area contributed by atoms with Gasteiger partial charge in [-0.15, -0.1) is 0 Å². The molecule has 1 aliphatic rings. The fourth-order valence-electron chi connectivity index (χ4n) is 2.43. The van der Waals surface area contributed by atoms with Crippen molar-refractivity contribution in [2.45, 2.75) is 19.3 Å².